The highest BCUT2D eigenvalue weighted by Gasteiger charge is 2.19. The normalized spacial score (nSPS) is 19.6. The number of rotatable bonds is 3. The number of nitrogens with zero attached hydrogens (tertiary/aromatic N) is 3. The molecule has 0 unspecified atom stereocenters. The Kier molecular flexibility index (Phi) is 2.46. The van der Waals surface area contributed by atoms with E-state index in [1.807, 2.05) is 16.8 Å². The van der Waals surface area contributed by atoms with Gasteiger partial charge in [-0.3, -0.25) is 0 Å². The van der Waals surface area contributed by atoms with E-state index in [9.17, 15) is 0 Å². The summed E-state index contributed by atoms with van der Waals surface area (Å²) >= 11 is 0. The lowest BCUT2D eigenvalue weighted by Crippen LogP contribution is -2.37. The summed E-state index contributed by atoms with van der Waals surface area (Å²) < 4.78 is 7.26. The number of aryl methyl sites for hydroxylation is 1. The van der Waals surface area contributed by atoms with Gasteiger partial charge >= 0.3 is 0 Å². The van der Waals surface area contributed by atoms with Gasteiger partial charge in [0, 0.05) is 12.5 Å². The van der Waals surface area contributed by atoms with Gasteiger partial charge < -0.3 is 9.73 Å². The van der Waals surface area contributed by atoms with Crippen LogP contribution in [0.4, 0.5) is 0 Å². The van der Waals surface area contributed by atoms with E-state index >= 15 is 0 Å². The van der Waals surface area contributed by atoms with Crippen LogP contribution in [0.25, 0.3) is 0 Å². The molecule has 1 aliphatic rings. The maximum atomic E-state index is 5.28. The molecule has 0 radical (unpaired) electrons. The molecule has 5 nitrogen and oxygen atoms in total. The zero-order valence-corrected chi connectivity index (χ0v) is 8.97. The zero-order valence-electron chi connectivity index (χ0n) is 8.97. The fourth-order valence-corrected chi connectivity index (χ4v) is 2.06. The summed E-state index contributed by atoms with van der Waals surface area (Å²) in [4.78, 5) is 4.21. The van der Waals surface area contributed by atoms with E-state index in [-0.39, 0.29) is 0 Å². The molecule has 0 saturated heterocycles. The van der Waals surface area contributed by atoms with Crippen molar-refractivity contribution in [2.75, 3.05) is 0 Å². The lowest BCUT2D eigenvalue weighted by Gasteiger charge is -2.23. The van der Waals surface area contributed by atoms with Crippen molar-refractivity contribution >= 4 is 0 Å². The molecule has 5 heteroatoms. The number of hydrogen-bond donors (Lipinski definition) is 1. The highest BCUT2D eigenvalue weighted by atomic mass is 16.3. The van der Waals surface area contributed by atoms with Crippen LogP contribution in [-0.2, 0) is 19.5 Å². The number of nitrogens with one attached hydrogen (secondary N) is 1. The Balaban J connectivity index is 1.58. The molecule has 3 heterocycles. The topological polar surface area (TPSA) is 55.9 Å². The van der Waals surface area contributed by atoms with Gasteiger partial charge in [0.05, 0.1) is 19.4 Å². The Morgan fingerprint density at radius 2 is 2.56 bits per heavy atom. The van der Waals surface area contributed by atoms with Crippen LogP contribution in [-0.4, -0.2) is 20.8 Å². The van der Waals surface area contributed by atoms with Gasteiger partial charge in [0.2, 0.25) is 0 Å². The van der Waals surface area contributed by atoms with Crippen molar-refractivity contribution < 1.29 is 4.42 Å². The summed E-state index contributed by atoms with van der Waals surface area (Å²) in [7, 11) is 0. The monoisotopic (exact) mass is 218 g/mol. The van der Waals surface area contributed by atoms with Gasteiger partial charge in [-0.1, -0.05) is 0 Å². The molecule has 2 aromatic heterocycles. The third-order valence-corrected chi connectivity index (χ3v) is 2.95. The SMILES string of the molecule is c1coc(CN[C@@H]2CCc3ncnn3C2)c1. The highest BCUT2D eigenvalue weighted by Crippen LogP contribution is 2.12. The summed E-state index contributed by atoms with van der Waals surface area (Å²) in [5.41, 5.74) is 0. The first-order valence-corrected chi connectivity index (χ1v) is 5.54. The Hall–Kier alpha value is -1.62. The van der Waals surface area contributed by atoms with Gasteiger partial charge in [-0.15, -0.1) is 0 Å². The van der Waals surface area contributed by atoms with Gasteiger partial charge in [-0.25, -0.2) is 9.67 Å². The third-order valence-electron chi connectivity index (χ3n) is 2.95. The van der Waals surface area contributed by atoms with Crippen LogP contribution in [0.15, 0.2) is 29.1 Å². The van der Waals surface area contributed by atoms with Crippen molar-refractivity contribution in [3.63, 3.8) is 0 Å². The van der Waals surface area contributed by atoms with E-state index in [2.05, 4.69) is 15.4 Å². The van der Waals surface area contributed by atoms with E-state index in [1.54, 1.807) is 12.6 Å². The fraction of sp³-hybridized carbons (Fsp3) is 0.455. The molecular weight excluding hydrogens is 204 g/mol. The molecule has 0 bridgehead atoms. The summed E-state index contributed by atoms with van der Waals surface area (Å²) in [6.07, 6.45) is 5.44. The van der Waals surface area contributed by atoms with E-state index in [4.69, 9.17) is 4.42 Å². The Morgan fingerprint density at radius 3 is 3.44 bits per heavy atom. The summed E-state index contributed by atoms with van der Waals surface area (Å²) in [5.74, 6) is 2.07. The van der Waals surface area contributed by atoms with Crippen molar-refractivity contribution in [1.82, 2.24) is 20.1 Å². The Labute approximate surface area is 93.5 Å². The predicted molar refractivity (Wildman–Crippen MR) is 57.7 cm³/mol. The minimum Gasteiger partial charge on any atom is -0.468 e. The average molecular weight is 218 g/mol. The van der Waals surface area contributed by atoms with Crippen LogP contribution < -0.4 is 5.32 Å². The second kappa shape index (κ2) is 4.09. The molecule has 0 amide bonds. The zero-order chi connectivity index (χ0) is 10.8. The van der Waals surface area contributed by atoms with Crippen molar-refractivity contribution in [2.24, 2.45) is 0 Å². The first-order valence-electron chi connectivity index (χ1n) is 5.54. The van der Waals surface area contributed by atoms with Crippen LogP contribution in [0.1, 0.15) is 18.0 Å². The third kappa shape index (κ3) is 1.86. The Morgan fingerprint density at radius 1 is 1.56 bits per heavy atom. The highest BCUT2D eigenvalue weighted by molar-refractivity contribution is 4.98. The molecule has 0 fully saturated rings. The average Bonchev–Trinajstić information content (AvgIpc) is 2.97. The smallest absolute Gasteiger partial charge is 0.138 e. The van der Waals surface area contributed by atoms with Gasteiger partial charge in [0.15, 0.2) is 0 Å². The van der Waals surface area contributed by atoms with E-state index < -0.39 is 0 Å². The molecule has 0 aromatic carbocycles. The molecular formula is C11H14N4O. The first kappa shape index (κ1) is 9.59. The van der Waals surface area contributed by atoms with Crippen molar-refractivity contribution in [3.8, 4) is 0 Å². The maximum Gasteiger partial charge on any atom is 0.138 e. The second-order valence-corrected chi connectivity index (χ2v) is 4.05. The number of hydrogen-bond acceptors (Lipinski definition) is 4. The second-order valence-electron chi connectivity index (χ2n) is 4.05. The maximum absolute atomic E-state index is 5.28. The summed E-state index contributed by atoms with van der Waals surface area (Å²) in [6, 6.07) is 4.35. The molecule has 0 aliphatic carbocycles. The van der Waals surface area contributed by atoms with Crippen molar-refractivity contribution in [3.05, 3.63) is 36.3 Å². The van der Waals surface area contributed by atoms with E-state index in [0.29, 0.717) is 6.04 Å². The van der Waals surface area contributed by atoms with Gasteiger partial charge in [-0.2, -0.15) is 5.10 Å². The van der Waals surface area contributed by atoms with Crippen LogP contribution in [0.5, 0.6) is 0 Å². The molecule has 1 atom stereocenters. The molecule has 16 heavy (non-hydrogen) atoms. The molecule has 2 aromatic rings. The molecule has 1 N–H and O–H groups in total. The summed E-state index contributed by atoms with van der Waals surface area (Å²) in [6.45, 7) is 1.68. The van der Waals surface area contributed by atoms with Gasteiger partial charge in [0.1, 0.15) is 17.9 Å². The van der Waals surface area contributed by atoms with Crippen LogP contribution in [0.3, 0.4) is 0 Å². The predicted octanol–water partition coefficient (Wildman–Crippen LogP) is 0.976. The van der Waals surface area contributed by atoms with E-state index in [1.165, 1.54) is 0 Å². The lowest BCUT2D eigenvalue weighted by molar-refractivity contribution is 0.344. The van der Waals surface area contributed by atoms with Crippen LogP contribution in [0, 0.1) is 0 Å². The molecule has 84 valence electrons. The number of fused-ring (bicyclic) bond motifs is 1. The minimum absolute atomic E-state index is 0.458. The lowest BCUT2D eigenvalue weighted by atomic mass is 10.1. The number of furan rings is 1. The molecule has 0 spiro atoms. The standard InChI is InChI=1S/C11H14N4O/c1-2-10(16-5-1)6-12-9-3-4-11-13-8-14-15(11)7-9/h1-2,5,8-9,12H,3-4,6-7H2/t9-/m1/s1. The molecule has 0 saturated carbocycles. The van der Waals surface area contributed by atoms with Gasteiger partial charge in [-0.05, 0) is 18.6 Å². The summed E-state index contributed by atoms with van der Waals surface area (Å²) in [5, 5.41) is 7.67. The fourth-order valence-electron chi connectivity index (χ4n) is 2.06. The number of aromatic nitrogens is 3. The first-order chi connectivity index (χ1) is 7.92. The molecule has 3 rings (SSSR count). The minimum atomic E-state index is 0.458. The van der Waals surface area contributed by atoms with Crippen LogP contribution in [0.2, 0.25) is 0 Å². The van der Waals surface area contributed by atoms with Crippen molar-refractivity contribution in [1.29, 1.82) is 0 Å². The largest absolute Gasteiger partial charge is 0.468 e. The quantitative estimate of drug-likeness (QED) is 0.834. The van der Waals surface area contributed by atoms with E-state index in [0.717, 1.165) is 37.5 Å². The van der Waals surface area contributed by atoms with Gasteiger partial charge in [0.25, 0.3) is 0 Å². The van der Waals surface area contributed by atoms with Crippen LogP contribution >= 0.6 is 0 Å². The Bertz CT molecular complexity index is 448. The molecule has 1 aliphatic heterocycles. The van der Waals surface area contributed by atoms with Crippen molar-refractivity contribution in [2.45, 2.75) is 32.0 Å².